The maximum atomic E-state index is 13.4. The first-order chi connectivity index (χ1) is 7.16. The number of nitrogens with two attached hydrogens (primary N) is 1. The molecule has 1 aliphatic rings. The van der Waals surface area contributed by atoms with Crippen molar-refractivity contribution in [1.29, 1.82) is 0 Å². The molecule has 1 aromatic carbocycles. The lowest BCUT2D eigenvalue weighted by Crippen LogP contribution is -2.19. The molecule has 0 radical (unpaired) electrons. The van der Waals surface area contributed by atoms with Crippen molar-refractivity contribution in [3.05, 3.63) is 24.0 Å². The molecule has 2 rings (SSSR count). The molecule has 0 amide bonds. The Kier molecular flexibility index (Phi) is 3.05. The summed E-state index contributed by atoms with van der Waals surface area (Å²) in [5.41, 5.74) is 5.80. The first kappa shape index (κ1) is 10.6. The summed E-state index contributed by atoms with van der Waals surface area (Å²) < 4.78 is 25.2. The average Bonchev–Trinajstić information content (AvgIpc) is 2.11. The van der Waals surface area contributed by atoms with Gasteiger partial charge >= 0.3 is 0 Å². The van der Waals surface area contributed by atoms with Crippen molar-refractivity contribution in [1.82, 2.24) is 0 Å². The van der Waals surface area contributed by atoms with Crippen molar-refractivity contribution in [3.8, 4) is 0 Å². The summed E-state index contributed by atoms with van der Waals surface area (Å²) >= 11 is 0. The zero-order chi connectivity index (χ0) is 10.8. The molecule has 0 spiro atoms. The van der Waals surface area contributed by atoms with Crippen molar-refractivity contribution in [2.75, 3.05) is 11.5 Å². The number of hydrogen-bond donors (Lipinski definition) is 1. The van der Waals surface area contributed by atoms with Gasteiger partial charge in [-0.1, -0.05) is 6.42 Å². The molecule has 1 unspecified atom stereocenters. The Morgan fingerprint density at radius 1 is 1.47 bits per heavy atom. The number of benzene rings is 1. The van der Waals surface area contributed by atoms with E-state index in [-0.39, 0.29) is 4.90 Å². The molecule has 1 aromatic rings. The smallest absolute Gasteiger partial charge is 0.141 e. The lowest BCUT2D eigenvalue weighted by molar-refractivity contribution is 0.350. The maximum Gasteiger partial charge on any atom is 0.141 e. The van der Waals surface area contributed by atoms with Crippen LogP contribution in [0.2, 0.25) is 0 Å². The monoisotopic (exact) mass is 227 g/mol. The predicted molar refractivity (Wildman–Crippen MR) is 59.4 cm³/mol. The lowest BCUT2D eigenvalue weighted by Gasteiger charge is -2.24. The molecule has 0 heterocycles. The minimum atomic E-state index is -1.21. The largest absolute Gasteiger partial charge is 0.399 e. The molecule has 0 aromatic heterocycles. The third-order valence-corrected chi connectivity index (χ3v) is 4.41. The van der Waals surface area contributed by atoms with E-state index in [1.807, 2.05) is 0 Å². The zero-order valence-corrected chi connectivity index (χ0v) is 9.23. The SMILES string of the molecule is Nc1ccc(S(=O)CC2CCC2)c(F)c1. The predicted octanol–water partition coefficient (Wildman–Crippen LogP) is 2.32. The summed E-state index contributed by atoms with van der Waals surface area (Å²) in [6.45, 7) is 0. The Morgan fingerprint density at radius 2 is 2.20 bits per heavy atom. The fraction of sp³-hybridized carbons (Fsp3) is 0.455. The highest BCUT2D eigenvalue weighted by molar-refractivity contribution is 7.85. The summed E-state index contributed by atoms with van der Waals surface area (Å²) in [6, 6.07) is 4.35. The second-order valence-electron chi connectivity index (χ2n) is 4.00. The Balaban J connectivity index is 2.10. The fourth-order valence-corrected chi connectivity index (χ4v) is 3.10. The summed E-state index contributed by atoms with van der Waals surface area (Å²) in [6.07, 6.45) is 3.47. The third kappa shape index (κ3) is 2.37. The molecule has 0 bridgehead atoms. The van der Waals surface area contributed by atoms with Gasteiger partial charge in [-0.15, -0.1) is 0 Å². The van der Waals surface area contributed by atoms with E-state index < -0.39 is 16.6 Å². The van der Waals surface area contributed by atoms with Gasteiger partial charge in [-0.2, -0.15) is 0 Å². The van der Waals surface area contributed by atoms with Crippen LogP contribution in [0, 0.1) is 11.7 Å². The summed E-state index contributed by atoms with van der Waals surface area (Å²) in [7, 11) is -1.21. The Hall–Kier alpha value is -0.900. The molecule has 0 saturated heterocycles. The van der Waals surface area contributed by atoms with Gasteiger partial charge in [0.2, 0.25) is 0 Å². The van der Waals surface area contributed by atoms with Crippen LogP contribution in [-0.2, 0) is 10.8 Å². The zero-order valence-electron chi connectivity index (χ0n) is 8.41. The van der Waals surface area contributed by atoms with E-state index in [1.54, 1.807) is 6.07 Å². The molecule has 2 N–H and O–H groups in total. The topological polar surface area (TPSA) is 43.1 Å². The maximum absolute atomic E-state index is 13.4. The van der Waals surface area contributed by atoms with Gasteiger partial charge in [0.1, 0.15) is 5.82 Å². The average molecular weight is 227 g/mol. The first-order valence-corrected chi connectivity index (χ1v) is 6.42. The molecule has 2 nitrogen and oxygen atoms in total. The van der Waals surface area contributed by atoms with Crippen LogP contribution in [0.4, 0.5) is 10.1 Å². The molecule has 0 aliphatic heterocycles. The fourth-order valence-electron chi connectivity index (χ4n) is 1.67. The number of hydrogen-bond acceptors (Lipinski definition) is 2. The second-order valence-corrected chi connectivity index (χ2v) is 5.46. The van der Waals surface area contributed by atoms with Gasteiger partial charge in [0.05, 0.1) is 15.7 Å². The summed E-state index contributed by atoms with van der Waals surface area (Å²) in [5.74, 6) is 0.649. The van der Waals surface area contributed by atoms with E-state index in [9.17, 15) is 8.60 Å². The van der Waals surface area contributed by atoms with Crippen LogP contribution in [0.3, 0.4) is 0 Å². The molecular weight excluding hydrogens is 213 g/mol. The highest BCUT2D eigenvalue weighted by atomic mass is 32.2. The second kappa shape index (κ2) is 4.31. The minimum absolute atomic E-state index is 0.288. The van der Waals surface area contributed by atoms with Crippen LogP contribution in [0.15, 0.2) is 23.1 Å². The third-order valence-electron chi connectivity index (χ3n) is 2.81. The van der Waals surface area contributed by atoms with Gasteiger partial charge in [-0.05, 0) is 37.0 Å². The van der Waals surface area contributed by atoms with Gasteiger partial charge in [0.25, 0.3) is 0 Å². The van der Waals surface area contributed by atoms with Crippen LogP contribution >= 0.6 is 0 Å². The Bertz CT molecular complexity index is 390. The van der Waals surface area contributed by atoms with Gasteiger partial charge < -0.3 is 5.73 Å². The normalized spacial score (nSPS) is 18.5. The van der Waals surface area contributed by atoms with E-state index in [1.165, 1.54) is 18.6 Å². The van der Waals surface area contributed by atoms with Crippen molar-refractivity contribution in [3.63, 3.8) is 0 Å². The molecule has 1 aliphatic carbocycles. The Morgan fingerprint density at radius 3 is 2.73 bits per heavy atom. The van der Waals surface area contributed by atoms with E-state index in [4.69, 9.17) is 5.73 Å². The standard InChI is InChI=1S/C11H14FNOS/c12-10-6-9(13)4-5-11(10)15(14)7-8-2-1-3-8/h4-6,8H,1-3,7,13H2. The number of halogens is 1. The summed E-state index contributed by atoms with van der Waals surface area (Å²) in [4.78, 5) is 0.288. The van der Waals surface area contributed by atoms with Crippen LogP contribution in [0.5, 0.6) is 0 Å². The quantitative estimate of drug-likeness (QED) is 0.805. The molecule has 4 heteroatoms. The summed E-state index contributed by atoms with van der Waals surface area (Å²) in [5, 5.41) is 0. The van der Waals surface area contributed by atoms with Gasteiger partial charge in [-0.3, -0.25) is 4.21 Å². The van der Waals surface area contributed by atoms with Crippen LogP contribution in [-0.4, -0.2) is 9.96 Å². The highest BCUT2D eigenvalue weighted by Gasteiger charge is 2.21. The van der Waals surface area contributed by atoms with Crippen molar-refractivity contribution >= 4 is 16.5 Å². The van der Waals surface area contributed by atoms with E-state index in [0.717, 1.165) is 12.8 Å². The lowest BCUT2D eigenvalue weighted by atomic mass is 9.87. The number of nitrogen functional groups attached to an aromatic ring is 1. The highest BCUT2D eigenvalue weighted by Crippen LogP contribution is 2.29. The van der Waals surface area contributed by atoms with E-state index in [2.05, 4.69) is 0 Å². The number of rotatable bonds is 3. The van der Waals surface area contributed by atoms with Crippen LogP contribution in [0.25, 0.3) is 0 Å². The first-order valence-electron chi connectivity index (χ1n) is 5.10. The number of anilines is 1. The van der Waals surface area contributed by atoms with Crippen LogP contribution in [0.1, 0.15) is 19.3 Å². The van der Waals surface area contributed by atoms with Gasteiger partial charge in [-0.25, -0.2) is 4.39 Å². The molecule has 15 heavy (non-hydrogen) atoms. The molecule has 1 saturated carbocycles. The van der Waals surface area contributed by atoms with E-state index in [0.29, 0.717) is 17.4 Å². The molecule has 1 fully saturated rings. The minimum Gasteiger partial charge on any atom is -0.399 e. The van der Waals surface area contributed by atoms with E-state index >= 15 is 0 Å². The Labute approximate surface area is 91.1 Å². The molecule has 1 atom stereocenters. The molecule has 82 valence electrons. The van der Waals surface area contributed by atoms with Crippen molar-refractivity contribution in [2.45, 2.75) is 24.2 Å². The van der Waals surface area contributed by atoms with Crippen molar-refractivity contribution in [2.24, 2.45) is 5.92 Å². The van der Waals surface area contributed by atoms with Gasteiger partial charge in [0, 0.05) is 11.4 Å². The van der Waals surface area contributed by atoms with Crippen molar-refractivity contribution < 1.29 is 8.60 Å². The van der Waals surface area contributed by atoms with Crippen LogP contribution < -0.4 is 5.73 Å². The van der Waals surface area contributed by atoms with Gasteiger partial charge in [0.15, 0.2) is 0 Å². The molecular formula is C11H14FNOS.